The minimum atomic E-state index is 0.260. The first kappa shape index (κ1) is 19.0. The maximum Gasteiger partial charge on any atom is 0.266 e. The Kier molecular flexibility index (Phi) is 5.12. The van der Waals surface area contributed by atoms with Gasteiger partial charge >= 0.3 is 0 Å². The summed E-state index contributed by atoms with van der Waals surface area (Å²) in [6.45, 7) is 4.14. The largest absolute Gasteiger partial charge is 0.377 e. The molecule has 158 valence electrons. The number of carbonyl (C=O) groups excluding carboxylic acids is 1. The first-order chi connectivity index (χ1) is 14.7. The van der Waals surface area contributed by atoms with E-state index in [4.69, 9.17) is 14.7 Å². The molecule has 2 aliphatic heterocycles. The van der Waals surface area contributed by atoms with Gasteiger partial charge < -0.3 is 29.8 Å². The number of amides is 1. The van der Waals surface area contributed by atoms with E-state index in [0.717, 1.165) is 16.8 Å². The Labute approximate surface area is 174 Å². The van der Waals surface area contributed by atoms with Crippen LogP contribution in [0.4, 0.5) is 11.6 Å². The molecule has 2 N–H and O–H groups in total. The Morgan fingerprint density at radius 2 is 2.03 bits per heavy atom. The molecule has 1 aromatic heterocycles. The Bertz CT molecular complexity index is 929. The Hall–Kier alpha value is -2.94. The molecule has 0 radical (unpaired) electrons. The lowest BCUT2D eigenvalue weighted by Crippen LogP contribution is -2.49. The Morgan fingerprint density at radius 3 is 2.70 bits per heavy atom. The van der Waals surface area contributed by atoms with Gasteiger partial charge in [-0.15, -0.1) is 0 Å². The van der Waals surface area contributed by atoms with E-state index in [1.54, 1.807) is 0 Å². The number of rotatable bonds is 7. The van der Waals surface area contributed by atoms with Gasteiger partial charge in [0.1, 0.15) is 0 Å². The average molecular weight is 410 g/mol. The number of ether oxygens (including phenoxy) is 1. The highest BCUT2D eigenvalue weighted by molar-refractivity contribution is 5.87. The topological polar surface area (TPSA) is 108 Å². The summed E-state index contributed by atoms with van der Waals surface area (Å²) in [5.41, 5.74) is 2.47. The number of benzene rings is 1. The van der Waals surface area contributed by atoms with Gasteiger partial charge in [0.25, 0.3) is 11.8 Å². The molecule has 3 aliphatic rings. The van der Waals surface area contributed by atoms with Crippen LogP contribution >= 0.6 is 0 Å². The molecule has 9 heteroatoms. The van der Waals surface area contributed by atoms with Gasteiger partial charge in [0, 0.05) is 55.6 Å². The van der Waals surface area contributed by atoms with E-state index >= 15 is 0 Å². The summed E-state index contributed by atoms with van der Waals surface area (Å²) in [6, 6.07) is 5.95. The molecule has 1 amide bonds. The smallest absolute Gasteiger partial charge is 0.266 e. The lowest BCUT2D eigenvalue weighted by molar-refractivity contribution is -0.131. The third-order valence-electron chi connectivity index (χ3n) is 5.94. The molecule has 1 saturated carbocycles. The van der Waals surface area contributed by atoms with Crippen molar-refractivity contribution in [1.29, 1.82) is 5.41 Å². The Balaban J connectivity index is 1.24. The van der Waals surface area contributed by atoms with Gasteiger partial charge in [0.15, 0.2) is 0 Å². The van der Waals surface area contributed by atoms with Crippen LogP contribution in [-0.4, -0.2) is 72.6 Å². The summed E-state index contributed by atoms with van der Waals surface area (Å²) in [5.74, 6) is 1.89. The molecule has 5 rings (SSSR count). The predicted octanol–water partition coefficient (Wildman–Crippen LogP) is 1.99. The van der Waals surface area contributed by atoms with Crippen LogP contribution in [0.5, 0.6) is 0 Å². The molecule has 9 nitrogen and oxygen atoms in total. The summed E-state index contributed by atoms with van der Waals surface area (Å²) in [6.07, 6.45) is 4.42. The third kappa shape index (κ3) is 4.02. The van der Waals surface area contributed by atoms with Crippen LogP contribution in [0.15, 0.2) is 22.7 Å². The maximum absolute atomic E-state index is 12.3. The van der Waals surface area contributed by atoms with Crippen molar-refractivity contribution < 1.29 is 14.1 Å². The fraction of sp³-hybridized carbons (Fsp3) is 0.524. The SMILES string of the molecule is N=Cc1ccc(-c2nc(N3CCN(C(=O)CC4CC4)CC3)no2)cc1NC1COC1. The standard InChI is InChI=1S/C21H26N6O3/c22-11-16-4-3-15(10-18(16)23-17-12-29-13-17)20-24-21(25-30-20)27-7-5-26(6-8-27)19(28)9-14-1-2-14/h3-4,10-11,14,17,22-23H,1-2,5-9,12-13H2. The zero-order valence-electron chi connectivity index (χ0n) is 16.8. The third-order valence-corrected chi connectivity index (χ3v) is 5.94. The molecule has 1 aliphatic carbocycles. The number of nitrogens with zero attached hydrogens (tertiary/aromatic N) is 4. The minimum Gasteiger partial charge on any atom is -0.377 e. The van der Waals surface area contributed by atoms with Gasteiger partial charge in [-0.25, -0.2) is 0 Å². The quantitative estimate of drug-likeness (QED) is 0.672. The number of anilines is 2. The summed E-state index contributed by atoms with van der Waals surface area (Å²) in [5, 5.41) is 15.2. The van der Waals surface area contributed by atoms with Crippen LogP contribution in [0, 0.1) is 11.3 Å². The monoisotopic (exact) mass is 410 g/mol. The number of hydrogen-bond acceptors (Lipinski definition) is 8. The van der Waals surface area contributed by atoms with Gasteiger partial charge in [-0.3, -0.25) is 4.79 Å². The van der Waals surface area contributed by atoms with Gasteiger partial charge in [-0.2, -0.15) is 4.98 Å². The van der Waals surface area contributed by atoms with E-state index in [1.165, 1.54) is 19.1 Å². The molecule has 1 aromatic carbocycles. The first-order valence-corrected chi connectivity index (χ1v) is 10.5. The second-order valence-corrected chi connectivity index (χ2v) is 8.24. The number of hydrogen-bond donors (Lipinski definition) is 2. The van der Waals surface area contributed by atoms with Crippen molar-refractivity contribution in [1.82, 2.24) is 15.0 Å². The van der Waals surface area contributed by atoms with Crippen molar-refractivity contribution in [3.05, 3.63) is 23.8 Å². The number of aromatic nitrogens is 2. The lowest BCUT2D eigenvalue weighted by Gasteiger charge is -2.34. The predicted molar refractivity (Wildman–Crippen MR) is 112 cm³/mol. The van der Waals surface area contributed by atoms with E-state index < -0.39 is 0 Å². The summed E-state index contributed by atoms with van der Waals surface area (Å²) in [4.78, 5) is 20.9. The van der Waals surface area contributed by atoms with Crippen molar-refractivity contribution in [2.75, 3.05) is 49.6 Å². The van der Waals surface area contributed by atoms with Gasteiger partial charge in [0.05, 0.1) is 19.3 Å². The average Bonchev–Trinajstić information content (AvgIpc) is 3.42. The maximum atomic E-state index is 12.3. The van der Waals surface area contributed by atoms with Gasteiger partial charge in [-0.1, -0.05) is 6.07 Å². The van der Waals surface area contributed by atoms with Crippen LogP contribution in [-0.2, 0) is 9.53 Å². The molecular formula is C21H26N6O3. The van der Waals surface area contributed by atoms with Crippen LogP contribution < -0.4 is 10.2 Å². The molecule has 3 heterocycles. The number of piperazine rings is 1. The van der Waals surface area contributed by atoms with Crippen LogP contribution in [0.3, 0.4) is 0 Å². The zero-order valence-corrected chi connectivity index (χ0v) is 16.8. The minimum absolute atomic E-state index is 0.260. The molecule has 30 heavy (non-hydrogen) atoms. The molecular weight excluding hydrogens is 384 g/mol. The molecule has 0 spiro atoms. The van der Waals surface area contributed by atoms with E-state index in [9.17, 15) is 4.79 Å². The molecule has 0 bridgehead atoms. The highest BCUT2D eigenvalue weighted by atomic mass is 16.5. The fourth-order valence-electron chi connectivity index (χ4n) is 3.79. The van der Waals surface area contributed by atoms with E-state index in [1.807, 2.05) is 23.1 Å². The second kappa shape index (κ2) is 8.06. The number of carbonyl (C=O) groups is 1. The van der Waals surface area contributed by atoms with E-state index in [-0.39, 0.29) is 11.9 Å². The van der Waals surface area contributed by atoms with Crippen molar-refractivity contribution in [3.8, 4) is 11.5 Å². The number of nitrogens with one attached hydrogen (secondary N) is 2. The van der Waals surface area contributed by atoms with E-state index in [2.05, 4.69) is 20.4 Å². The zero-order chi connectivity index (χ0) is 20.5. The fourth-order valence-corrected chi connectivity index (χ4v) is 3.79. The summed E-state index contributed by atoms with van der Waals surface area (Å²) >= 11 is 0. The normalized spacial score (nSPS) is 19.5. The molecule has 2 saturated heterocycles. The second-order valence-electron chi connectivity index (χ2n) is 8.24. The Morgan fingerprint density at radius 1 is 1.23 bits per heavy atom. The highest BCUT2D eigenvalue weighted by Gasteiger charge is 2.29. The lowest BCUT2D eigenvalue weighted by atomic mass is 10.1. The first-order valence-electron chi connectivity index (χ1n) is 10.5. The molecule has 0 unspecified atom stereocenters. The molecule has 0 atom stereocenters. The summed E-state index contributed by atoms with van der Waals surface area (Å²) in [7, 11) is 0. The van der Waals surface area contributed by atoms with E-state index in [0.29, 0.717) is 63.6 Å². The molecule has 3 fully saturated rings. The summed E-state index contributed by atoms with van der Waals surface area (Å²) < 4.78 is 10.7. The highest BCUT2D eigenvalue weighted by Crippen LogP contribution is 2.33. The van der Waals surface area contributed by atoms with Crippen LogP contribution in [0.2, 0.25) is 0 Å². The van der Waals surface area contributed by atoms with Crippen LogP contribution in [0.25, 0.3) is 11.5 Å². The molecule has 2 aromatic rings. The van der Waals surface area contributed by atoms with Crippen molar-refractivity contribution >= 4 is 23.8 Å². The van der Waals surface area contributed by atoms with Gasteiger partial charge in [-0.05, 0) is 36.0 Å². The van der Waals surface area contributed by atoms with Crippen molar-refractivity contribution in [2.24, 2.45) is 5.92 Å². The van der Waals surface area contributed by atoms with Crippen molar-refractivity contribution in [3.63, 3.8) is 0 Å². The van der Waals surface area contributed by atoms with Gasteiger partial charge in [0.2, 0.25) is 5.91 Å². The van der Waals surface area contributed by atoms with Crippen LogP contribution in [0.1, 0.15) is 24.8 Å². The van der Waals surface area contributed by atoms with Crippen molar-refractivity contribution in [2.45, 2.75) is 25.3 Å².